The lowest BCUT2D eigenvalue weighted by Crippen LogP contribution is -2.40. The second-order valence-corrected chi connectivity index (χ2v) is 6.70. The number of aromatic nitrogens is 3. The molecule has 0 radical (unpaired) electrons. The van der Waals surface area contributed by atoms with E-state index in [9.17, 15) is 0 Å². The number of methoxy groups -OCH3 is 2. The molecule has 27 heavy (non-hydrogen) atoms. The normalized spacial score (nSPS) is 17.3. The molecule has 1 unspecified atom stereocenters. The monoisotopic (exact) mass is 372 g/mol. The fraction of sp³-hybridized carbons (Fsp3) is 0.526. The van der Waals surface area contributed by atoms with Crippen molar-refractivity contribution in [3.05, 3.63) is 35.4 Å². The topological polar surface area (TPSA) is 76.8 Å². The number of hydrogen-bond acceptors (Lipinski definition) is 5. The summed E-state index contributed by atoms with van der Waals surface area (Å²) in [5.74, 6) is 4.72. The molecule has 0 amide bonds. The van der Waals surface area contributed by atoms with Crippen molar-refractivity contribution in [2.24, 2.45) is 12.0 Å². The van der Waals surface area contributed by atoms with Gasteiger partial charge in [0.25, 0.3) is 0 Å². The van der Waals surface area contributed by atoms with Gasteiger partial charge in [-0.1, -0.05) is 0 Å². The first kappa shape index (κ1) is 19.0. The maximum absolute atomic E-state index is 5.41. The fourth-order valence-electron chi connectivity index (χ4n) is 3.39. The Morgan fingerprint density at radius 2 is 1.93 bits per heavy atom. The zero-order valence-corrected chi connectivity index (χ0v) is 16.7. The number of guanidine groups is 1. The van der Waals surface area contributed by atoms with E-state index in [4.69, 9.17) is 9.47 Å². The van der Waals surface area contributed by atoms with Gasteiger partial charge >= 0.3 is 0 Å². The van der Waals surface area contributed by atoms with Crippen molar-refractivity contribution in [1.82, 2.24) is 25.0 Å². The van der Waals surface area contributed by atoms with Crippen LogP contribution in [0.1, 0.15) is 29.6 Å². The van der Waals surface area contributed by atoms with E-state index in [0.717, 1.165) is 48.6 Å². The molecule has 1 aliphatic heterocycles. The van der Waals surface area contributed by atoms with E-state index in [-0.39, 0.29) is 0 Å². The van der Waals surface area contributed by atoms with Gasteiger partial charge < -0.3 is 24.3 Å². The van der Waals surface area contributed by atoms with E-state index in [1.54, 1.807) is 14.2 Å². The third-order valence-electron chi connectivity index (χ3n) is 5.13. The molecule has 0 aliphatic carbocycles. The van der Waals surface area contributed by atoms with E-state index in [1.807, 2.05) is 31.7 Å². The van der Waals surface area contributed by atoms with Crippen molar-refractivity contribution in [3.63, 3.8) is 0 Å². The van der Waals surface area contributed by atoms with E-state index >= 15 is 0 Å². The molecule has 1 aromatic carbocycles. The number of likely N-dealkylation sites (tertiary alicyclic amines) is 1. The van der Waals surface area contributed by atoms with Crippen LogP contribution < -0.4 is 14.8 Å². The van der Waals surface area contributed by atoms with Gasteiger partial charge in [0.2, 0.25) is 0 Å². The fourth-order valence-corrected chi connectivity index (χ4v) is 3.39. The zero-order chi connectivity index (χ0) is 19.4. The van der Waals surface area contributed by atoms with Crippen molar-refractivity contribution >= 4 is 5.96 Å². The first-order valence-corrected chi connectivity index (χ1v) is 9.09. The van der Waals surface area contributed by atoms with Crippen LogP contribution in [0.4, 0.5) is 0 Å². The minimum atomic E-state index is 0.407. The first-order chi connectivity index (χ1) is 13.0. The summed E-state index contributed by atoms with van der Waals surface area (Å²) in [4.78, 5) is 6.72. The Labute approximate surface area is 160 Å². The lowest BCUT2D eigenvalue weighted by molar-refractivity contribution is 0.392. The standard InChI is InChI=1S/C19H28N6O2/c1-13-22-23-18(24(13)3)11-21-19(20-2)25-7-6-14(12-25)15-8-16(26-4)10-17(9-15)27-5/h8-10,14H,6-7,11-12H2,1-5H3,(H,20,21). The molecule has 1 N–H and O–H groups in total. The van der Waals surface area contributed by atoms with Crippen molar-refractivity contribution in [3.8, 4) is 11.5 Å². The molecule has 1 saturated heterocycles. The first-order valence-electron chi connectivity index (χ1n) is 9.09. The Balaban J connectivity index is 1.66. The summed E-state index contributed by atoms with van der Waals surface area (Å²) in [7, 11) is 7.14. The van der Waals surface area contributed by atoms with Crippen LogP contribution in [0.5, 0.6) is 11.5 Å². The summed E-state index contributed by atoms with van der Waals surface area (Å²) in [5.41, 5.74) is 1.23. The van der Waals surface area contributed by atoms with Crippen LogP contribution in [-0.2, 0) is 13.6 Å². The highest BCUT2D eigenvalue weighted by Crippen LogP contribution is 2.32. The van der Waals surface area contributed by atoms with E-state index in [0.29, 0.717) is 12.5 Å². The van der Waals surface area contributed by atoms with Gasteiger partial charge in [-0.25, -0.2) is 0 Å². The largest absolute Gasteiger partial charge is 0.497 e. The van der Waals surface area contributed by atoms with Gasteiger partial charge in [-0.15, -0.1) is 10.2 Å². The van der Waals surface area contributed by atoms with Gasteiger partial charge in [-0.3, -0.25) is 4.99 Å². The van der Waals surface area contributed by atoms with Gasteiger partial charge in [0.15, 0.2) is 11.8 Å². The molecule has 8 nitrogen and oxygen atoms in total. The number of ether oxygens (including phenoxy) is 2. The summed E-state index contributed by atoms with van der Waals surface area (Å²) in [6.07, 6.45) is 1.06. The average Bonchev–Trinajstić information content (AvgIpc) is 3.30. The molecular formula is C19H28N6O2. The van der Waals surface area contributed by atoms with Crippen LogP contribution in [-0.4, -0.2) is 60.0 Å². The third kappa shape index (κ3) is 4.15. The van der Waals surface area contributed by atoms with Gasteiger partial charge in [0.1, 0.15) is 17.3 Å². The zero-order valence-electron chi connectivity index (χ0n) is 16.7. The minimum Gasteiger partial charge on any atom is -0.497 e. The van der Waals surface area contributed by atoms with Crippen molar-refractivity contribution in [2.45, 2.75) is 25.8 Å². The number of hydrogen-bond donors (Lipinski definition) is 1. The Bertz CT molecular complexity index is 794. The van der Waals surface area contributed by atoms with Crippen LogP contribution in [0, 0.1) is 6.92 Å². The molecule has 2 heterocycles. The molecule has 1 fully saturated rings. The molecule has 1 atom stereocenters. The third-order valence-corrected chi connectivity index (χ3v) is 5.13. The number of aryl methyl sites for hydroxylation is 1. The maximum Gasteiger partial charge on any atom is 0.194 e. The van der Waals surface area contributed by atoms with Crippen LogP contribution in [0.3, 0.4) is 0 Å². The summed E-state index contributed by atoms with van der Waals surface area (Å²) in [5, 5.41) is 11.7. The molecule has 2 aromatic rings. The molecule has 0 bridgehead atoms. The van der Waals surface area contributed by atoms with E-state index in [2.05, 4.69) is 37.5 Å². The second kappa shape index (κ2) is 8.28. The van der Waals surface area contributed by atoms with Crippen molar-refractivity contribution in [1.29, 1.82) is 0 Å². The van der Waals surface area contributed by atoms with Gasteiger partial charge in [-0.2, -0.15) is 0 Å². The highest BCUT2D eigenvalue weighted by atomic mass is 16.5. The van der Waals surface area contributed by atoms with Crippen LogP contribution in [0.15, 0.2) is 23.2 Å². The molecule has 1 aromatic heterocycles. The van der Waals surface area contributed by atoms with Crippen molar-refractivity contribution < 1.29 is 9.47 Å². The molecule has 3 rings (SSSR count). The number of rotatable bonds is 5. The summed E-state index contributed by atoms with van der Waals surface area (Å²) >= 11 is 0. The molecular weight excluding hydrogens is 344 g/mol. The number of benzene rings is 1. The minimum absolute atomic E-state index is 0.407. The summed E-state index contributed by atoms with van der Waals surface area (Å²) in [6, 6.07) is 6.09. The average molecular weight is 372 g/mol. The highest BCUT2D eigenvalue weighted by molar-refractivity contribution is 5.80. The Kier molecular flexibility index (Phi) is 5.83. The SMILES string of the molecule is CN=C(NCc1nnc(C)n1C)N1CCC(c2cc(OC)cc(OC)c2)C1. The Morgan fingerprint density at radius 3 is 2.48 bits per heavy atom. The summed E-state index contributed by atoms with van der Waals surface area (Å²) in [6.45, 7) is 4.38. The number of nitrogens with zero attached hydrogens (tertiary/aromatic N) is 5. The van der Waals surface area contributed by atoms with E-state index in [1.165, 1.54) is 5.56 Å². The molecule has 8 heteroatoms. The van der Waals surface area contributed by atoms with Crippen LogP contribution in [0.25, 0.3) is 0 Å². The maximum atomic E-state index is 5.41. The van der Waals surface area contributed by atoms with Gasteiger partial charge in [-0.05, 0) is 31.0 Å². The van der Waals surface area contributed by atoms with Crippen LogP contribution in [0.2, 0.25) is 0 Å². The number of aliphatic imine (C=N–C) groups is 1. The Hall–Kier alpha value is -2.77. The lowest BCUT2D eigenvalue weighted by atomic mass is 9.98. The van der Waals surface area contributed by atoms with Crippen molar-refractivity contribution in [2.75, 3.05) is 34.4 Å². The predicted molar refractivity (Wildman–Crippen MR) is 104 cm³/mol. The van der Waals surface area contributed by atoms with Gasteiger partial charge in [0.05, 0.1) is 20.8 Å². The lowest BCUT2D eigenvalue weighted by Gasteiger charge is -2.22. The molecule has 1 aliphatic rings. The highest BCUT2D eigenvalue weighted by Gasteiger charge is 2.27. The Morgan fingerprint density at radius 1 is 1.22 bits per heavy atom. The van der Waals surface area contributed by atoms with Crippen LogP contribution >= 0.6 is 0 Å². The molecule has 146 valence electrons. The van der Waals surface area contributed by atoms with Gasteiger partial charge in [0, 0.05) is 39.2 Å². The second-order valence-electron chi connectivity index (χ2n) is 6.70. The van der Waals surface area contributed by atoms with E-state index < -0.39 is 0 Å². The summed E-state index contributed by atoms with van der Waals surface area (Å²) < 4.78 is 12.8. The number of nitrogens with one attached hydrogen (secondary N) is 1. The predicted octanol–water partition coefficient (Wildman–Crippen LogP) is 1.71. The molecule has 0 saturated carbocycles. The molecule has 0 spiro atoms. The smallest absolute Gasteiger partial charge is 0.194 e. The quantitative estimate of drug-likeness (QED) is 0.636.